The number of anilines is 1. The Labute approximate surface area is 114 Å². The molecule has 3 rings (SSSR count). The third kappa shape index (κ3) is 2.61. The molecule has 3 N–H and O–H groups in total. The summed E-state index contributed by atoms with van der Waals surface area (Å²) in [6, 6.07) is 6.33. The standard InChI is InChI=1S/C13H14FN5O/c14-9-3-1-8(2-4-9)7-19(10-5-6-10)12(20)11-16-13(15)18-17-11/h1-4,10H,5-7H2,(H3,15,16,17,18). The molecule has 0 aliphatic heterocycles. The van der Waals surface area contributed by atoms with Gasteiger partial charge in [0.15, 0.2) is 0 Å². The molecule has 1 aliphatic rings. The van der Waals surface area contributed by atoms with Gasteiger partial charge in [0, 0.05) is 12.6 Å². The highest BCUT2D eigenvalue weighted by atomic mass is 19.1. The summed E-state index contributed by atoms with van der Waals surface area (Å²) >= 11 is 0. The summed E-state index contributed by atoms with van der Waals surface area (Å²) in [4.78, 5) is 17.9. The van der Waals surface area contributed by atoms with Crippen LogP contribution in [0, 0.1) is 5.82 Å². The van der Waals surface area contributed by atoms with E-state index in [2.05, 4.69) is 15.2 Å². The number of nitrogen functional groups attached to an aromatic ring is 1. The predicted molar refractivity (Wildman–Crippen MR) is 70.1 cm³/mol. The van der Waals surface area contributed by atoms with Crippen molar-refractivity contribution in [2.45, 2.75) is 25.4 Å². The monoisotopic (exact) mass is 275 g/mol. The Hall–Kier alpha value is -2.44. The Morgan fingerprint density at radius 1 is 1.40 bits per heavy atom. The predicted octanol–water partition coefficient (Wildman–Crippen LogP) is 1.33. The maximum Gasteiger partial charge on any atom is 0.291 e. The van der Waals surface area contributed by atoms with E-state index in [1.54, 1.807) is 17.0 Å². The van der Waals surface area contributed by atoms with Gasteiger partial charge >= 0.3 is 0 Å². The van der Waals surface area contributed by atoms with Gasteiger partial charge in [-0.15, -0.1) is 5.10 Å². The van der Waals surface area contributed by atoms with Crippen LogP contribution in [0.15, 0.2) is 24.3 Å². The Morgan fingerprint density at radius 3 is 2.65 bits per heavy atom. The number of aromatic nitrogens is 3. The molecule has 6 nitrogen and oxygen atoms in total. The van der Waals surface area contributed by atoms with Gasteiger partial charge in [-0.3, -0.25) is 9.89 Å². The van der Waals surface area contributed by atoms with Crippen molar-refractivity contribution in [3.8, 4) is 0 Å². The molecule has 0 unspecified atom stereocenters. The zero-order valence-electron chi connectivity index (χ0n) is 10.7. The largest absolute Gasteiger partial charge is 0.366 e. The Morgan fingerprint density at radius 2 is 2.10 bits per heavy atom. The summed E-state index contributed by atoms with van der Waals surface area (Å²) in [5.41, 5.74) is 6.29. The topological polar surface area (TPSA) is 87.9 Å². The molecular formula is C13H14FN5O. The second-order valence-electron chi connectivity index (χ2n) is 4.83. The summed E-state index contributed by atoms with van der Waals surface area (Å²) in [6.45, 7) is 0.421. The number of carbonyl (C=O) groups excluding carboxylic acids is 1. The fourth-order valence-electron chi connectivity index (χ4n) is 2.05. The van der Waals surface area contributed by atoms with Gasteiger partial charge in [-0.1, -0.05) is 12.1 Å². The van der Waals surface area contributed by atoms with Crippen LogP contribution in [0.2, 0.25) is 0 Å². The Kier molecular flexibility index (Phi) is 3.09. The third-order valence-corrected chi connectivity index (χ3v) is 3.22. The first-order valence-corrected chi connectivity index (χ1v) is 6.37. The molecule has 2 aromatic rings. The highest BCUT2D eigenvalue weighted by molar-refractivity contribution is 5.91. The molecule has 104 valence electrons. The van der Waals surface area contributed by atoms with Crippen LogP contribution in [0.5, 0.6) is 0 Å². The van der Waals surface area contributed by atoms with Gasteiger partial charge in [0.05, 0.1) is 0 Å². The lowest BCUT2D eigenvalue weighted by Crippen LogP contribution is -2.33. The number of hydrogen-bond acceptors (Lipinski definition) is 4. The first-order chi connectivity index (χ1) is 9.63. The number of benzene rings is 1. The number of nitrogens with zero attached hydrogens (tertiary/aromatic N) is 3. The van der Waals surface area contributed by atoms with Crippen LogP contribution in [0.3, 0.4) is 0 Å². The Balaban J connectivity index is 1.79. The quantitative estimate of drug-likeness (QED) is 0.881. The van der Waals surface area contributed by atoms with Crippen LogP contribution in [-0.2, 0) is 6.54 Å². The van der Waals surface area contributed by atoms with E-state index in [1.165, 1.54) is 12.1 Å². The molecule has 1 aromatic carbocycles. The molecule has 0 spiro atoms. The van der Waals surface area contributed by atoms with Crippen LogP contribution in [-0.4, -0.2) is 32.0 Å². The second-order valence-corrected chi connectivity index (χ2v) is 4.83. The third-order valence-electron chi connectivity index (χ3n) is 3.22. The van der Waals surface area contributed by atoms with Crippen molar-refractivity contribution in [1.82, 2.24) is 20.1 Å². The summed E-state index contributed by atoms with van der Waals surface area (Å²) in [7, 11) is 0. The van der Waals surface area contributed by atoms with E-state index in [1.807, 2.05) is 0 Å². The first-order valence-electron chi connectivity index (χ1n) is 6.37. The minimum absolute atomic E-state index is 0.0471. The average Bonchev–Trinajstić information content (AvgIpc) is 3.19. The van der Waals surface area contributed by atoms with E-state index in [-0.39, 0.29) is 29.5 Å². The molecule has 1 fully saturated rings. The number of H-pyrrole nitrogens is 1. The Bertz CT molecular complexity index is 620. The molecule has 0 atom stereocenters. The first kappa shape index (κ1) is 12.6. The minimum atomic E-state index is -0.291. The second kappa shape index (κ2) is 4.92. The molecule has 1 amide bonds. The van der Waals surface area contributed by atoms with Gasteiger partial charge in [-0.25, -0.2) is 4.39 Å². The lowest BCUT2D eigenvalue weighted by atomic mass is 10.2. The van der Waals surface area contributed by atoms with Crippen molar-refractivity contribution < 1.29 is 9.18 Å². The summed E-state index contributed by atoms with van der Waals surface area (Å²) in [6.07, 6.45) is 1.94. The number of amides is 1. The maximum atomic E-state index is 12.9. The molecule has 1 saturated carbocycles. The smallest absolute Gasteiger partial charge is 0.291 e. The number of nitrogens with two attached hydrogens (primary N) is 1. The van der Waals surface area contributed by atoms with Crippen LogP contribution in [0.25, 0.3) is 0 Å². The lowest BCUT2D eigenvalue weighted by Gasteiger charge is -2.21. The molecule has 0 bridgehead atoms. The average molecular weight is 275 g/mol. The molecule has 1 heterocycles. The molecule has 20 heavy (non-hydrogen) atoms. The zero-order chi connectivity index (χ0) is 14.1. The van der Waals surface area contributed by atoms with Crippen molar-refractivity contribution in [3.05, 3.63) is 41.5 Å². The number of hydrogen-bond donors (Lipinski definition) is 2. The zero-order valence-corrected chi connectivity index (χ0v) is 10.7. The van der Waals surface area contributed by atoms with E-state index < -0.39 is 0 Å². The van der Waals surface area contributed by atoms with E-state index >= 15 is 0 Å². The molecule has 7 heteroatoms. The van der Waals surface area contributed by atoms with Crippen molar-refractivity contribution >= 4 is 11.9 Å². The van der Waals surface area contributed by atoms with Crippen molar-refractivity contribution in [3.63, 3.8) is 0 Å². The molecule has 1 aromatic heterocycles. The summed E-state index contributed by atoms with van der Waals surface area (Å²) in [5, 5.41) is 6.19. The number of rotatable bonds is 4. The van der Waals surface area contributed by atoms with Crippen LogP contribution in [0.4, 0.5) is 10.3 Å². The van der Waals surface area contributed by atoms with Gasteiger partial charge in [-0.05, 0) is 30.5 Å². The number of halogens is 1. The van der Waals surface area contributed by atoms with Gasteiger partial charge in [0.25, 0.3) is 5.91 Å². The van der Waals surface area contributed by atoms with Crippen LogP contribution >= 0.6 is 0 Å². The summed E-state index contributed by atoms with van der Waals surface area (Å²) < 4.78 is 12.9. The van der Waals surface area contributed by atoms with Crippen molar-refractivity contribution in [1.29, 1.82) is 0 Å². The van der Waals surface area contributed by atoms with E-state index in [9.17, 15) is 9.18 Å². The molecular weight excluding hydrogens is 261 g/mol. The van der Waals surface area contributed by atoms with Crippen molar-refractivity contribution in [2.75, 3.05) is 5.73 Å². The maximum absolute atomic E-state index is 12.9. The fraction of sp³-hybridized carbons (Fsp3) is 0.308. The minimum Gasteiger partial charge on any atom is -0.366 e. The highest BCUT2D eigenvalue weighted by Gasteiger charge is 2.34. The number of nitrogens with one attached hydrogen (secondary N) is 1. The van der Waals surface area contributed by atoms with E-state index in [0.717, 1.165) is 18.4 Å². The van der Waals surface area contributed by atoms with Gasteiger partial charge < -0.3 is 10.6 Å². The SMILES string of the molecule is Nc1n[nH]c(C(=O)N(Cc2ccc(F)cc2)C2CC2)n1. The fourth-order valence-corrected chi connectivity index (χ4v) is 2.05. The highest BCUT2D eigenvalue weighted by Crippen LogP contribution is 2.29. The van der Waals surface area contributed by atoms with Gasteiger partial charge in [0.1, 0.15) is 5.82 Å². The van der Waals surface area contributed by atoms with Crippen LogP contribution in [0.1, 0.15) is 29.0 Å². The number of aromatic amines is 1. The van der Waals surface area contributed by atoms with Gasteiger partial charge in [-0.2, -0.15) is 4.98 Å². The lowest BCUT2D eigenvalue weighted by molar-refractivity contribution is 0.0718. The van der Waals surface area contributed by atoms with Crippen LogP contribution < -0.4 is 5.73 Å². The van der Waals surface area contributed by atoms with E-state index in [4.69, 9.17) is 5.73 Å². The summed E-state index contributed by atoms with van der Waals surface area (Å²) in [5.74, 6) is -0.343. The van der Waals surface area contributed by atoms with Crippen molar-refractivity contribution in [2.24, 2.45) is 0 Å². The molecule has 0 radical (unpaired) electrons. The normalized spacial score (nSPS) is 14.2. The van der Waals surface area contributed by atoms with Gasteiger partial charge in [0.2, 0.25) is 11.8 Å². The van der Waals surface area contributed by atoms with E-state index in [0.29, 0.717) is 6.54 Å². The molecule has 0 saturated heterocycles. The number of carbonyl (C=O) groups is 1. The molecule has 1 aliphatic carbocycles.